The fourth-order valence-electron chi connectivity index (χ4n) is 3.07. The molecule has 1 unspecified atom stereocenters. The number of ether oxygens (including phenoxy) is 2. The Balaban J connectivity index is 2.28. The van der Waals surface area contributed by atoms with Crippen molar-refractivity contribution in [1.29, 1.82) is 0 Å². The predicted molar refractivity (Wildman–Crippen MR) is 70.7 cm³/mol. The molecule has 1 saturated carbocycles. The van der Waals surface area contributed by atoms with E-state index >= 15 is 0 Å². The number of hydrogen-bond donors (Lipinski definition) is 0. The molecule has 1 atom stereocenters. The number of allylic oxidation sites excluding steroid dienone is 2. The first-order valence-electron chi connectivity index (χ1n) is 7.11. The van der Waals surface area contributed by atoms with E-state index in [2.05, 4.69) is 0 Å². The molecule has 0 bridgehead atoms. The van der Waals surface area contributed by atoms with Crippen molar-refractivity contribution in [2.75, 3.05) is 13.2 Å². The average Bonchev–Trinajstić information content (AvgIpc) is 2.77. The summed E-state index contributed by atoms with van der Waals surface area (Å²) in [5.74, 6) is -0.803. The molecule has 20 heavy (non-hydrogen) atoms. The molecule has 0 saturated heterocycles. The molecule has 0 heterocycles. The van der Waals surface area contributed by atoms with Crippen LogP contribution in [0.3, 0.4) is 0 Å². The number of esters is 2. The molecule has 0 aromatic rings. The molecule has 0 aromatic carbocycles. The van der Waals surface area contributed by atoms with Crippen LogP contribution in [-0.2, 0) is 23.9 Å². The molecule has 0 aliphatic heterocycles. The summed E-state index contributed by atoms with van der Waals surface area (Å²) < 4.78 is 10.2. The minimum atomic E-state index is -1.26. The highest BCUT2D eigenvalue weighted by Gasteiger charge is 2.53. The van der Waals surface area contributed by atoms with E-state index < -0.39 is 17.4 Å². The summed E-state index contributed by atoms with van der Waals surface area (Å²) in [5, 5.41) is 0. The average molecular weight is 280 g/mol. The molecule has 1 fully saturated rings. The lowest BCUT2D eigenvalue weighted by Gasteiger charge is -2.35. The van der Waals surface area contributed by atoms with Gasteiger partial charge < -0.3 is 9.47 Å². The van der Waals surface area contributed by atoms with E-state index in [0.717, 1.165) is 5.57 Å². The second kappa shape index (κ2) is 5.77. The zero-order valence-electron chi connectivity index (χ0n) is 11.9. The quantitative estimate of drug-likeness (QED) is 0.580. The van der Waals surface area contributed by atoms with Crippen molar-refractivity contribution >= 4 is 17.7 Å². The van der Waals surface area contributed by atoms with Gasteiger partial charge in [-0.2, -0.15) is 0 Å². The smallest absolute Gasteiger partial charge is 0.323 e. The predicted octanol–water partition coefficient (Wildman–Crippen LogP) is 1.80. The first-order valence-corrected chi connectivity index (χ1v) is 7.11. The largest absolute Gasteiger partial charge is 0.465 e. The molecule has 110 valence electrons. The van der Waals surface area contributed by atoms with E-state index in [1.165, 1.54) is 0 Å². The molecular weight excluding hydrogens is 260 g/mol. The van der Waals surface area contributed by atoms with Crippen LogP contribution in [0.25, 0.3) is 0 Å². The van der Waals surface area contributed by atoms with Gasteiger partial charge in [-0.25, -0.2) is 0 Å². The third kappa shape index (κ3) is 2.49. The molecule has 2 rings (SSSR count). The van der Waals surface area contributed by atoms with Crippen molar-refractivity contribution in [3.05, 3.63) is 11.6 Å². The summed E-state index contributed by atoms with van der Waals surface area (Å²) in [4.78, 5) is 36.0. The fourth-order valence-corrected chi connectivity index (χ4v) is 3.07. The van der Waals surface area contributed by atoms with Gasteiger partial charge in [0.1, 0.15) is 0 Å². The zero-order chi connectivity index (χ0) is 14.8. The Morgan fingerprint density at radius 2 is 1.85 bits per heavy atom. The molecule has 0 N–H and O–H groups in total. The van der Waals surface area contributed by atoms with Crippen LogP contribution in [0.1, 0.15) is 39.5 Å². The van der Waals surface area contributed by atoms with E-state index in [1.807, 2.05) is 0 Å². The maximum atomic E-state index is 12.3. The van der Waals surface area contributed by atoms with Crippen LogP contribution in [0.4, 0.5) is 0 Å². The molecule has 5 heteroatoms. The van der Waals surface area contributed by atoms with Gasteiger partial charge in [0.05, 0.1) is 13.2 Å². The SMILES string of the molecule is CCOC(=O)C1(C(=O)OCC)CCC2CC(=O)C=C2C1. The zero-order valence-corrected chi connectivity index (χ0v) is 11.9. The van der Waals surface area contributed by atoms with Crippen LogP contribution in [0.15, 0.2) is 11.6 Å². The van der Waals surface area contributed by atoms with Crippen LogP contribution in [0.2, 0.25) is 0 Å². The van der Waals surface area contributed by atoms with Crippen LogP contribution >= 0.6 is 0 Å². The molecule has 5 nitrogen and oxygen atoms in total. The molecule has 0 amide bonds. The van der Waals surface area contributed by atoms with Gasteiger partial charge in [0.25, 0.3) is 0 Å². The molecule has 0 spiro atoms. The highest BCUT2D eigenvalue weighted by atomic mass is 16.6. The van der Waals surface area contributed by atoms with Crippen LogP contribution in [0.5, 0.6) is 0 Å². The first-order chi connectivity index (χ1) is 9.53. The molecule has 0 radical (unpaired) electrons. The van der Waals surface area contributed by atoms with Gasteiger partial charge in [-0.15, -0.1) is 0 Å². The van der Waals surface area contributed by atoms with Gasteiger partial charge in [-0.1, -0.05) is 5.57 Å². The summed E-state index contributed by atoms with van der Waals surface area (Å²) in [7, 11) is 0. The third-order valence-corrected chi connectivity index (χ3v) is 4.08. The fraction of sp³-hybridized carbons (Fsp3) is 0.667. The van der Waals surface area contributed by atoms with Crippen molar-refractivity contribution in [1.82, 2.24) is 0 Å². The maximum absolute atomic E-state index is 12.3. The third-order valence-electron chi connectivity index (χ3n) is 4.08. The van der Waals surface area contributed by atoms with Crippen molar-refractivity contribution in [3.63, 3.8) is 0 Å². The van der Waals surface area contributed by atoms with E-state index in [0.29, 0.717) is 19.3 Å². The van der Waals surface area contributed by atoms with Crippen LogP contribution < -0.4 is 0 Å². The molecular formula is C15H20O5. The summed E-state index contributed by atoms with van der Waals surface area (Å²) >= 11 is 0. The van der Waals surface area contributed by atoms with Gasteiger partial charge in [0.15, 0.2) is 11.2 Å². The Labute approximate surface area is 118 Å². The number of rotatable bonds is 4. The van der Waals surface area contributed by atoms with Gasteiger partial charge >= 0.3 is 11.9 Å². The van der Waals surface area contributed by atoms with Gasteiger partial charge in [-0.3, -0.25) is 14.4 Å². The lowest BCUT2D eigenvalue weighted by atomic mass is 9.68. The second-order valence-electron chi connectivity index (χ2n) is 5.33. The van der Waals surface area contributed by atoms with Crippen molar-refractivity contribution in [2.45, 2.75) is 39.5 Å². The monoisotopic (exact) mass is 280 g/mol. The lowest BCUT2D eigenvalue weighted by Crippen LogP contribution is -2.45. The maximum Gasteiger partial charge on any atom is 0.323 e. The Bertz CT molecular complexity index is 445. The van der Waals surface area contributed by atoms with E-state index in [-0.39, 0.29) is 31.3 Å². The number of fused-ring (bicyclic) bond motifs is 1. The van der Waals surface area contributed by atoms with Crippen molar-refractivity contribution < 1.29 is 23.9 Å². The van der Waals surface area contributed by atoms with Crippen molar-refractivity contribution in [3.8, 4) is 0 Å². The van der Waals surface area contributed by atoms with Crippen LogP contribution in [-0.4, -0.2) is 30.9 Å². The molecule has 2 aliphatic carbocycles. The van der Waals surface area contributed by atoms with Crippen molar-refractivity contribution in [2.24, 2.45) is 11.3 Å². The van der Waals surface area contributed by atoms with Gasteiger partial charge in [0.2, 0.25) is 0 Å². The Morgan fingerprint density at radius 1 is 1.25 bits per heavy atom. The van der Waals surface area contributed by atoms with Crippen LogP contribution in [0, 0.1) is 11.3 Å². The molecule has 2 aliphatic rings. The molecule has 0 aromatic heterocycles. The van der Waals surface area contributed by atoms with Gasteiger partial charge in [0, 0.05) is 6.42 Å². The number of ketones is 1. The summed E-state index contributed by atoms with van der Waals surface area (Å²) in [5.41, 5.74) is -0.374. The summed E-state index contributed by atoms with van der Waals surface area (Å²) in [6, 6.07) is 0. The Morgan fingerprint density at radius 3 is 2.40 bits per heavy atom. The first kappa shape index (κ1) is 14.8. The Hall–Kier alpha value is -1.65. The second-order valence-corrected chi connectivity index (χ2v) is 5.33. The Kier molecular flexibility index (Phi) is 4.26. The minimum absolute atomic E-state index is 0.0773. The number of hydrogen-bond acceptors (Lipinski definition) is 5. The summed E-state index contributed by atoms with van der Waals surface area (Å²) in [6.07, 6.45) is 3.37. The summed E-state index contributed by atoms with van der Waals surface area (Å²) in [6.45, 7) is 3.87. The minimum Gasteiger partial charge on any atom is -0.465 e. The van der Waals surface area contributed by atoms with E-state index in [4.69, 9.17) is 9.47 Å². The number of carbonyl (C=O) groups excluding carboxylic acids is 3. The van der Waals surface area contributed by atoms with Gasteiger partial charge in [-0.05, 0) is 45.1 Å². The standard InChI is InChI=1S/C15H20O5/c1-3-19-13(17)15(14(18)20-4-2)6-5-10-7-12(16)8-11(10)9-15/h8,10H,3-7,9H2,1-2H3. The highest BCUT2D eigenvalue weighted by Crippen LogP contribution is 2.47. The van der Waals surface area contributed by atoms with E-state index in [9.17, 15) is 14.4 Å². The topological polar surface area (TPSA) is 69.7 Å². The number of carbonyl (C=O) groups is 3. The normalized spacial score (nSPS) is 23.8. The lowest BCUT2D eigenvalue weighted by molar-refractivity contribution is -0.174. The van der Waals surface area contributed by atoms with E-state index in [1.54, 1.807) is 19.9 Å². The highest BCUT2D eigenvalue weighted by molar-refractivity contribution is 6.01.